The number of alkyl halides is 1. The predicted molar refractivity (Wildman–Crippen MR) is 40.9 cm³/mol. The van der Waals surface area contributed by atoms with Gasteiger partial charge in [0.15, 0.2) is 0 Å². The van der Waals surface area contributed by atoms with Gasteiger partial charge in [-0.05, 0) is 0 Å². The third-order valence-electron chi connectivity index (χ3n) is 0.796. The summed E-state index contributed by atoms with van der Waals surface area (Å²) in [6, 6.07) is 0. The summed E-state index contributed by atoms with van der Waals surface area (Å²) in [5, 5.41) is 5.28. The summed E-state index contributed by atoms with van der Waals surface area (Å²) in [6.45, 7) is 0.950. The summed E-state index contributed by atoms with van der Waals surface area (Å²) in [5.74, 6) is -0.0762. The van der Waals surface area contributed by atoms with Crippen LogP contribution in [0.3, 0.4) is 0 Å². The highest BCUT2D eigenvalue weighted by Gasteiger charge is 1.93. The fourth-order valence-electron chi connectivity index (χ4n) is 0.380. The molecule has 0 unspecified atom stereocenters. The van der Waals surface area contributed by atoms with Gasteiger partial charge < -0.3 is 10.6 Å². The van der Waals surface area contributed by atoms with Crippen molar-refractivity contribution in [3.8, 4) is 0 Å². The Kier molecular flexibility index (Phi) is 6.16. The Balaban J connectivity index is 3.03. The van der Waals surface area contributed by atoms with Crippen molar-refractivity contribution < 1.29 is 9.59 Å². The SMILES string of the molecule is O=CNCCNC(=O)CBr. The lowest BCUT2D eigenvalue weighted by Gasteiger charge is -2.00. The summed E-state index contributed by atoms with van der Waals surface area (Å²) in [6.07, 6.45) is 0.598. The molecular formula is C5H9BrN2O2. The van der Waals surface area contributed by atoms with E-state index in [9.17, 15) is 9.59 Å². The number of rotatable bonds is 5. The van der Waals surface area contributed by atoms with Crippen LogP contribution in [0.4, 0.5) is 0 Å². The van der Waals surface area contributed by atoms with Gasteiger partial charge in [-0.2, -0.15) is 0 Å². The Morgan fingerprint density at radius 3 is 2.70 bits per heavy atom. The quantitative estimate of drug-likeness (QED) is 0.355. The average Bonchev–Trinajstić information content (AvgIpc) is 1.98. The summed E-state index contributed by atoms with van der Waals surface area (Å²) in [7, 11) is 0. The predicted octanol–water partition coefficient (Wildman–Crippen LogP) is -0.757. The monoisotopic (exact) mass is 208 g/mol. The maximum Gasteiger partial charge on any atom is 0.230 e. The Morgan fingerprint density at radius 2 is 2.20 bits per heavy atom. The third kappa shape index (κ3) is 5.55. The Bertz CT molecular complexity index is 118. The molecule has 0 aliphatic heterocycles. The van der Waals surface area contributed by atoms with Crippen molar-refractivity contribution in [3.05, 3.63) is 0 Å². The topological polar surface area (TPSA) is 58.2 Å². The lowest BCUT2D eigenvalue weighted by molar-refractivity contribution is -0.118. The number of amides is 2. The highest BCUT2D eigenvalue weighted by atomic mass is 79.9. The molecule has 0 rings (SSSR count). The number of halogens is 1. The van der Waals surface area contributed by atoms with Crippen LogP contribution in [0.2, 0.25) is 0 Å². The zero-order chi connectivity index (χ0) is 7.82. The van der Waals surface area contributed by atoms with Gasteiger partial charge in [-0.1, -0.05) is 15.9 Å². The van der Waals surface area contributed by atoms with Crippen LogP contribution in [0.1, 0.15) is 0 Å². The molecule has 5 heteroatoms. The molecule has 0 aromatic rings. The fraction of sp³-hybridized carbons (Fsp3) is 0.600. The number of hydrogen-bond donors (Lipinski definition) is 2. The minimum atomic E-state index is -0.0762. The van der Waals surface area contributed by atoms with Gasteiger partial charge in [0, 0.05) is 13.1 Å². The minimum absolute atomic E-state index is 0.0762. The highest BCUT2D eigenvalue weighted by Crippen LogP contribution is 1.76. The third-order valence-corrected chi connectivity index (χ3v) is 1.31. The largest absolute Gasteiger partial charge is 0.357 e. The van der Waals surface area contributed by atoms with Crippen LogP contribution in [-0.4, -0.2) is 30.7 Å². The lowest BCUT2D eigenvalue weighted by Crippen LogP contribution is -2.31. The number of nitrogens with one attached hydrogen (secondary N) is 2. The van der Waals surface area contributed by atoms with E-state index in [-0.39, 0.29) is 5.91 Å². The van der Waals surface area contributed by atoms with Crippen LogP contribution in [0, 0.1) is 0 Å². The molecule has 0 bridgehead atoms. The van der Waals surface area contributed by atoms with Gasteiger partial charge in [0.05, 0.1) is 5.33 Å². The second kappa shape index (κ2) is 6.54. The normalized spacial score (nSPS) is 8.50. The van der Waals surface area contributed by atoms with Gasteiger partial charge >= 0.3 is 0 Å². The molecule has 0 radical (unpaired) electrons. The van der Waals surface area contributed by atoms with E-state index < -0.39 is 0 Å². The van der Waals surface area contributed by atoms with Crippen LogP contribution in [0.15, 0.2) is 0 Å². The first-order valence-electron chi connectivity index (χ1n) is 2.81. The van der Waals surface area contributed by atoms with Crippen molar-refractivity contribution >= 4 is 28.2 Å². The van der Waals surface area contributed by atoms with E-state index in [0.29, 0.717) is 24.8 Å². The molecule has 0 fully saturated rings. The first-order chi connectivity index (χ1) is 4.81. The maximum atomic E-state index is 10.5. The van der Waals surface area contributed by atoms with E-state index in [2.05, 4.69) is 26.6 Å². The Hall–Kier alpha value is -0.580. The molecule has 0 aliphatic rings. The molecule has 0 heterocycles. The number of carbonyl (C=O) groups is 2. The Morgan fingerprint density at radius 1 is 1.50 bits per heavy atom. The molecule has 4 nitrogen and oxygen atoms in total. The van der Waals surface area contributed by atoms with E-state index in [1.54, 1.807) is 0 Å². The van der Waals surface area contributed by atoms with Crippen molar-refractivity contribution in [2.45, 2.75) is 0 Å². The average molecular weight is 209 g/mol. The number of carbonyl (C=O) groups excluding carboxylic acids is 2. The van der Waals surface area contributed by atoms with E-state index in [1.165, 1.54) is 0 Å². The van der Waals surface area contributed by atoms with Crippen LogP contribution < -0.4 is 10.6 Å². The van der Waals surface area contributed by atoms with Crippen molar-refractivity contribution in [2.24, 2.45) is 0 Å². The standard InChI is InChI=1S/C5H9BrN2O2/c6-3-5(10)8-2-1-7-4-9/h4H,1-3H2,(H,7,9)(H,8,10). The minimum Gasteiger partial charge on any atom is -0.357 e. The summed E-state index contributed by atoms with van der Waals surface area (Å²) in [4.78, 5) is 20.2. The second-order valence-electron chi connectivity index (χ2n) is 1.56. The lowest BCUT2D eigenvalue weighted by atomic mass is 10.6. The van der Waals surface area contributed by atoms with Crippen molar-refractivity contribution in [1.82, 2.24) is 10.6 Å². The highest BCUT2D eigenvalue weighted by molar-refractivity contribution is 9.09. The van der Waals surface area contributed by atoms with Gasteiger partial charge in [-0.3, -0.25) is 9.59 Å². The maximum absolute atomic E-state index is 10.5. The van der Waals surface area contributed by atoms with Crippen LogP contribution >= 0.6 is 15.9 Å². The summed E-state index contributed by atoms with van der Waals surface area (Å²) < 4.78 is 0. The molecule has 0 aromatic heterocycles. The molecule has 0 aliphatic carbocycles. The summed E-state index contributed by atoms with van der Waals surface area (Å²) in [5.41, 5.74) is 0. The van der Waals surface area contributed by atoms with Crippen molar-refractivity contribution in [2.75, 3.05) is 18.4 Å². The molecule has 0 saturated carbocycles. The van der Waals surface area contributed by atoms with Gasteiger partial charge in [-0.15, -0.1) is 0 Å². The number of hydrogen-bond acceptors (Lipinski definition) is 2. The fourth-order valence-corrected chi connectivity index (χ4v) is 0.579. The molecule has 2 N–H and O–H groups in total. The van der Waals surface area contributed by atoms with Gasteiger partial charge in [0.25, 0.3) is 0 Å². The molecule has 0 aromatic carbocycles. The molecule has 0 spiro atoms. The first kappa shape index (κ1) is 9.42. The molecule has 58 valence electrons. The van der Waals surface area contributed by atoms with Crippen molar-refractivity contribution in [1.29, 1.82) is 0 Å². The second-order valence-corrected chi connectivity index (χ2v) is 2.12. The van der Waals surface area contributed by atoms with E-state index in [4.69, 9.17) is 0 Å². The van der Waals surface area contributed by atoms with E-state index in [1.807, 2.05) is 0 Å². The molecule has 10 heavy (non-hydrogen) atoms. The van der Waals surface area contributed by atoms with Gasteiger partial charge in [-0.25, -0.2) is 0 Å². The van der Waals surface area contributed by atoms with E-state index in [0.717, 1.165) is 0 Å². The smallest absolute Gasteiger partial charge is 0.230 e. The van der Waals surface area contributed by atoms with Crippen LogP contribution in [-0.2, 0) is 9.59 Å². The zero-order valence-corrected chi connectivity index (χ0v) is 6.98. The zero-order valence-electron chi connectivity index (χ0n) is 5.39. The summed E-state index contributed by atoms with van der Waals surface area (Å²) >= 11 is 2.98. The van der Waals surface area contributed by atoms with Crippen LogP contribution in [0.25, 0.3) is 0 Å². The van der Waals surface area contributed by atoms with Gasteiger partial charge in [0.1, 0.15) is 0 Å². The first-order valence-corrected chi connectivity index (χ1v) is 3.93. The molecule has 0 atom stereocenters. The molecular weight excluding hydrogens is 200 g/mol. The van der Waals surface area contributed by atoms with E-state index >= 15 is 0 Å². The van der Waals surface area contributed by atoms with Crippen LogP contribution in [0.5, 0.6) is 0 Å². The Labute approximate surface area is 67.5 Å². The molecule has 0 saturated heterocycles. The van der Waals surface area contributed by atoms with Gasteiger partial charge in [0.2, 0.25) is 12.3 Å². The molecule has 2 amide bonds. The van der Waals surface area contributed by atoms with Crippen molar-refractivity contribution in [3.63, 3.8) is 0 Å².